The second-order valence-corrected chi connectivity index (χ2v) is 6.54. The summed E-state index contributed by atoms with van der Waals surface area (Å²) in [7, 11) is 0. The minimum absolute atomic E-state index is 0.0135. The molecule has 0 saturated carbocycles. The molecule has 0 spiro atoms. The van der Waals surface area contributed by atoms with Gasteiger partial charge >= 0.3 is 0 Å². The Kier molecular flexibility index (Phi) is 6.19. The van der Waals surface area contributed by atoms with Crippen LogP contribution in [0.4, 0.5) is 5.69 Å². The van der Waals surface area contributed by atoms with Crippen LogP contribution in [0.25, 0.3) is 17.0 Å². The molecule has 1 N–H and O–H groups in total. The topological polar surface area (TPSA) is 108 Å². The quantitative estimate of drug-likeness (QED) is 0.486. The lowest BCUT2D eigenvalue weighted by Gasteiger charge is -2.23. The van der Waals surface area contributed by atoms with Crippen LogP contribution in [0.3, 0.4) is 0 Å². The normalized spacial score (nSPS) is 12.2. The number of nitrogens with one attached hydrogen (secondary N) is 1. The molecule has 148 valence electrons. The predicted molar refractivity (Wildman–Crippen MR) is 109 cm³/mol. The van der Waals surface area contributed by atoms with Gasteiger partial charge in [-0.2, -0.15) is 0 Å². The van der Waals surface area contributed by atoms with Crippen molar-refractivity contribution in [2.45, 2.75) is 25.8 Å². The van der Waals surface area contributed by atoms with Gasteiger partial charge in [-0.25, -0.2) is 0 Å². The SMILES string of the molecule is CCCC(=O)N[C@H](/C=C/c1ccccc1)c1cc([N+](=O)[O-])c2cccnc2c1[O-]. The van der Waals surface area contributed by atoms with Crippen molar-refractivity contribution in [3.8, 4) is 5.75 Å². The van der Waals surface area contributed by atoms with E-state index in [4.69, 9.17) is 0 Å². The molecule has 0 aliphatic rings. The summed E-state index contributed by atoms with van der Waals surface area (Å²) < 4.78 is 0. The van der Waals surface area contributed by atoms with Gasteiger partial charge in [-0.1, -0.05) is 55.2 Å². The molecule has 3 rings (SSSR count). The fourth-order valence-corrected chi connectivity index (χ4v) is 3.08. The van der Waals surface area contributed by atoms with Gasteiger partial charge in [-0.3, -0.25) is 19.9 Å². The van der Waals surface area contributed by atoms with Gasteiger partial charge in [0.2, 0.25) is 5.91 Å². The first-order valence-electron chi connectivity index (χ1n) is 9.27. The fourth-order valence-electron chi connectivity index (χ4n) is 3.08. The maximum absolute atomic E-state index is 13.0. The number of fused-ring (bicyclic) bond motifs is 1. The molecule has 3 aromatic rings. The summed E-state index contributed by atoms with van der Waals surface area (Å²) in [5.74, 6) is -0.677. The van der Waals surface area contributed by atoms with E-state index < -0.39 is 16.7 Å². The number of aromatic nitrogens is 1. The lowest BCUT2D eigenvalue weighted by molar-refractivity contribution is -0.383. The van der Waals surface area contributed by atoms with Crippen LogP contribution in [0.1, 0.15) is 36.9 Å². The third-order valence-electron chi connectivity index (χ3n) is 4.46. The van der Waals surface area contributed by atoms with E-state index in [-0.39, 0.29) is 34.5 Å². The Bertz CT molecular complexity index is 1060. The number of carbonyl (C=O) groups excluding carboxylic acids is 1. The summed E-state index contributed by atoms with van der Waals surface area (Å²) >= 11 is 0. The molecule has 0 bridgehead atoms. The van der Waals surface area contributed by atoms with Gasteiger partial charge in [0.05, 0.1) is 21.9 Å². The van der Waals surface area contributed by atoms with Crippen molar-refractivity contribution < 1.29 is 14.8 Å². The predicted octanol–water partition coefficient (Wildman–Crippen LogP) is 3.89. The molecular weight excluding hydrogens is 370 g/mol. The number of benzene rings is 2. The van der Waals surface area contributed by atoms with Gasteiger partial charge in [0.25, 0.3) is 5.69 Å². The third kappa shape index (κ3) is 4.57. The zero-order valence-corrected chi connectivity index (χ0v) is 15.9. The summed E-state index contributed by atoms with van der Waals surface area (Å²) in [4.78, 5) is 27.3. The Morgan fingerprint density at radius 1 is 1.24 bits per heavy atom. The van der Waals surface area contributed by atoms with Crippen LogP contribution in [0.2, 0.25) is 0 Å². The van der Waals surface area contributed by atoms with Crippen LogP contribution < -0.4 is 10.4 Å². The molecule has 1 amide bonds. The summed E-state index contributed by atoms with van der Waals surface area (Å²) in [6.07, 6.45) is 5.78. The number of pyridine rings is 1. The Balaban J connectivity index is 2.12. The smallest absolute Gasteiger partial charge is 0.279 e. The Labute approximate surface area is 167 Å². The summed E-state index contributed by atoms with van der Waals surface area (Å²) in [5.41, 5.74) is 0.785. The Morgan fingerprint density at radius 2 is 2.00 bits per heavy atom. The molecule has 0 unspecified atom stereocenters. The largest absolute Gasteiger partial charge is 0.871 e. The molecule has 0 fully saturated rings. The van der Waals surface area contributed by atoms with E-state index in [9.17, 15) is 20.0 Å². The number of non-ortho nitro benzene ring substituents is 1. The van der Waals surface area contributed by atoms with Crippen molar-refractivity contribution in [1.82, 2.24) is 10.3 Å². The van der Waals surface area contributed by atoms with E-state index >= 15 is 0 Å². The summed E-state index contributed by atoms with van der Waals surface area (Å²) in [5, 5.41) is 27.6. The van der Waals surface area contributed by atoms with E-state index in [0.29, 0.717) is 6.42 Å². The minimum atomic E-state index is -0.813. The summed E-state index contributed by atoms with van der Waals surface area (Å²) in [6, 6.07) is 12.8. The number of hydrogen-bond donors (Lipinski definition) is 1. The highest BCUT2D eigenvalue weighted by Crippen LogP contribution is 2.36. The molecule has 1 atom stereocenters. The van der Waals surface area contributed by atoms with E-state index in [1.54, 1.807) is 18.2 Å². The summed E-state index contributed by atoms with van der Waals surface area (Å²) in [6.45, 7) is 1.87. The molecule has 0 aliphatic heterocycles. The molecule has 0 aliphatic carbocycles. The Hall–Kier alpha value is -3.74. The fraction of sp³-hybridized carbons (Fsp3) is 0.182. The van der Waals surface area contributed by atoms with Crippen molar-refractivity contribution in [2.24, 2.45) is 0 Å². The van der Waals surface area contributed by atoms with Gasteiger partial charge in [0, 0.05) is 18.7 Å². The van der Waals surface area contributed by atoms with Crippen LogP contribution in [0, 0.1) is 10.1 Å². The number of amides is 1. The van der Waals surface area contributed by atoms with Crippen LogP contribution >= 0.6 is 0 Å². The highest BCUT2D eigenvalue weighted by atomic mass is 16.6. The highest BCUT2D eigenvalue weighted by molar-refractivity contribution is 5.93. The van der Waals surface area contributed by atoms with Crippen molar-refractivity contribution in [2.75, 3.05) is 0 Å². The molecule has 1 aromatic heterocycles. The number of nitrogens with zero attached hydrogens (tertiary/aromatic N) is 2. The lowest BCUT2D eigenvalue weighted by atomic mass is 9.99. The van der Waals surface area contributed by atoms with Gasteiger partial charge in [0.15, 0.2) is 0 Å². The zero-order chi connectivity index (χ0) is 20.8. The Morgan fingerprint density at radius 3 is 2.69 bits per heavy atom. The molecule has 0 saturated heterocycles. The van der Waals surface area contributed by atoms with Crippen molar-refractivity contribution in [3.05, 3.63) is 82.0 Å². The number of hydrogen-bond acceptors (Lipinski definition) is 5. The van der Waals surface area contributed by atoms with Crippen molar-refractivity contribution in [1.29, 1.82) is 0 Å². The van der Waals surface area contributed by atoms with Gasteiger partial charge in [-0.05, 0) is 29.7 Å². The van der Waals surface area contributed by atoms with E-state index in [0.717, 1.165) is 5.56 Å². The first kappa shape index (κ1) is 20.0. The van der Waals surface area contributed by atoms with Crippen LogP contribution in [0.15, 0.2) is 60.8 Å². The van der Waals surface area contributed by atoms with Crippen LogP contribution in [-0.2, 0) is 4.79 Å². The van der Waals surface area contributed by atoms with Crippen LogP contribution in [-0.4, -0.2) is 15.8 Å². The van der Waals surface area contributed by atoms with E-state index in [1.165, 1.54) is 18.3 Å². The standard InChI is InChI=1S/C22H21N3O4/c1-2-7-20(26)24-18(12-11-15-8-4-3-5-9-15)17-14-19(25(28)29)16-10-6-13-23-21(16)22(17)27/h3-6,8-14,18,27H,2,7H2,1H3,(H,24,26)/p-1/b12-11+/t18-/m1/s1. The molecular formula is C22H20N3O4-. The molecule has 0 radical (unpaired) electrons. The minimum Gasteiger partial charge on any atom is -0.871 e. The second-order valence-electron chi connectivity index (χ2n) is 6.54. The van der Waals surface area contributed by atoms with Gasteiger partial charge < -0.3 is 10.4 Å². The first-order valence-corrected chi connectivity index (χ1v) is 9.27. The molecule has 7 nitrogen and oxygen atoms in total. The van der Waals surface area contributed by atoms with Gasteiger partial charge in [0.1, 0.15) is 0 Å². The maximum Gasteiger partial charge on any atom is 0.279 e. The number of carbonyl (C=O) groups is 1. The van der Waals surface area contributed by atoms with Crippen molar-refractivity contribution >= 4 is 28.6 Å². The number of rotatable bonds is 7. The highest BCUT2D eigenvalue weighted by Gasteiger charge is 2.21. The van der Waals surface area contributed by atoms with Crippen molar-refractivity contribution in [3.63, 3.8) is 0 Å². The third-order valence-corrected chi connectivity index (χ3v) is 4.46. The average Bonchev–Trinajstić information content (AvgIpc) is 2.72. The number of nitro benzene ring substituents is 1. The average molecular weight is 390 g/mol. The molecule has 29 heavy (non-hydrogen) atoms. The zero-order valence-electron chi connectivity index (χ0n) is 15.9. The lowest BCUT2D eigenvalue weighted by Crippen LogP contribution is -2.27. The van der Waals surface area contributed by atoms with Crippen LogP contribution in [0.5, 0.6) is 5.75 Å². The molecule has 7 heteroatoms. The second kappa shape index (κ2) is 8.97. The van der Waals surface area contributed by atoms with E-state index in [2.05, 4.69) is 10.3 Å². The van der Waals surface area contributed by atoms with Gasteiger partial charge in [-0.15, -0.1) is 0 Å². The molecule has 1 heterocycles. The van der Waals surface area contributed by atoms with E-state index in [1.807, 2.05) is 37.3 Å². The number of nitro groups is 1. The monoisotopic (exact) mass is 390 g/mol. The maximum atomic E-state index is 13.0. The molecule has 2 aromatic carbocycles. The first-order chi connectivity index (χ1) is 14.0.